The topological polar surface area (TPSA) is 46.2 Å². The van der Waals surface area contributed by atoms with Crippen LogP contribution in [0.15, 0.2) is 0 Å². The third-order valence-electron chi connectivity index (χ3n) is 1.35. The van der Waals surface area contributed by atoms with Crippen molar-refractivity contribution < 1.29 is 8.42 Å². The second-order valence-corrected chi connectivity index (χ2v) is 5.20. The molecule has 0 spiro atoms. The summed E-state index contributed by atoms with van der Waals surface area (Å²) in [6, 6.07) is 0. The molecule has 0 atom stereocenters. The minimum absolute atomic E-state index is 0.237. The summed E-state index contributed by atoms with van der Waals surface area (Å²) in [5, 5.41) is 2.55. The summed E-state index contributed by atoms with van der Waals surface area (Å²) in [6.07, 6.45) is 0. The van der Waals surface area contributed by atoms with E-state index in [1.54, 1.807) is 20.9 Å². The molecular weight excluding hydrogens is 150 g/mol. The first-order valence-electron chi connectivity index (χ1n) is 3.37. The lowest BCUT2D eigenvalue weighted by atomic mass is 10.6. The van der Waals surface area contributed by atoms with Crippen LogP contribution in [0.4, 0.5) is 0 Å². The van der Waals surface area contributed by atoms with Crippen molar-refractivity contribution in [2.24, 2.45) is 0 Å². The van der Waals surface area contributed by atoms with E-state index < -0.39 is 9.84 Å². The zero-order valence-corrected chi connectivity index (χ0v) is 7.53. The lowest BCUT2D eigenvalue weighted by Gasteiger charge is -2.05. The van der Waals surface area contributed by atoms with E-state index in [-0.39, 0.29) is 11.0 Å². The van der Waals surface area contributed by atoms with E-state index in [2.05, 4.69) is 5.32 Å². The molecule has 0 saturated carbocycles. The minimum Gasteiger partial charge on any atom is -0.319 e. The lowest BCUT2D eigenvalue weighted by Crippen LogP contribution is -2.24. The van der Waals surface area contributed by atoms with Gasteiger partial charge in [-0.3, -0.25) is 0 Å². The summed E-state index contributed by atoms with van der Waals surface area (Å²) >= 11 is 0. The fourth-order valence-corrected chi connectivity index (χ4v) is 1.44. The summed E-state index contributed by atoms with van der Waals surface area (Å²) in [5.74, 6) is 0.237. The SMILES string of the molecule is CNCCS(=O)(=O)C(C)C. The van der Waals surface area contributed by atoms with Gasteiger partial charge in [-0.15, -0.1) is 0 Å². The molecule has 0 amide bonds. The molecule has 1 N–H and O–H groups in total. The van der Waals surface area contributed by atoms with Gasteiger partial charge in [0.05, 0.1) is 11.0 Å². The molecule has 0 saturated heterocycles. The second kappa shape index (κ2) is 3.93. The van der Waals surface area contributed by atoms with Crippen molar-refractivity contribution in [1.29, 1.82) is 0 Å². The molecule has 0 fully saturated rings. The van der Waals surface area contributed by atoms with Crippen LogP contribution in [-0.4, -0.2) is 33.0 Å². The molecule has 0 aromatic carbocycles. The fourth-order valence-electron chi connectivity index (χ4n) is 0.480. The predicted octanol–water partition coefficient (Wildman–Crippen LogP) is 0.0290. The maximum Gasteiger partial charge on any atom is 0.153 e. The molecule has 0 aliphatic heterocycles. The molecule has 0 aliphatic carbocycles. The Balaban J connectivity index is 3.90. The van der Waals surface area contributed by atoms with Crippen LogP contribution in [0.5, 0.6) is 0 Å². The maximum absolute atomic E-state index is 11.0. The van der Waals surface area contributed by atoms with E-state index in [9.17, 15) is 8.42 Å². The van der Waals surface area contributed by atoms with Crippen LogP contribution in [0.3, 0.4) is 0 Å². The number of sulfone groups is 1. The number of rotatable bonds is 4. The quantitative estimate of drug-likeness (QED) is 0.639. The number of hydrogen-bond donors (Lipinski definition) is 1. The number of hydrogen-bond acceptors (Lipinski definition) is 3. The van der Waals surface area contributed by atoms with Crippen molar-refractivity contribution >= 4 is 9.84 Å². The third kappa shape index (κ3) is 3.17. The van der Waals surface area contributed by atoms with Gasteiger partial charge in [-0.25, -0.2) is 8.42 Å². The average molecular weight is 165 g/mol. The van der Waals surface area contributed by atoms with Crippen molar-refractivity contribution in [1.82, 2.24) is 5.32 Å². The Morgan fingerprint density at radius 2 is 1.90 bits per heavy atom. The summed E-state index contributed by atoms with van der Waals surface area (Å²) in [4.78, 5) is 0. The summed E-state index contributed by atoms with van der Waals surface area (Å²) in [7, 11) is -1.08. The van der Waals surface area contributed by atoms with E-state index in [0.717, 1.165) is 0 Å². The molecule has 10 heavy (non-hydrogen) atoms. The Morgan fingerprint density at radius 1 is 1.40 bits per heavy atom. The van der Waals surface area contributed by atoms with E-state index in [1.807, 2.05) is 0 Å². The monoisotopic (exact) mass is 165 g/mol. The van der Waals surface area contributed by atoms with E-state index in [1.165, 1.54) is 0 Å². The molecule has 4 heteroatoms. The highest BCUT2D eigenvalue weighted by molar-refractivity contribution is 7.92. The van der Waals surface area contributed by atoms with Crippen molar-refractivity contribution in [3.63, 3.8) is 0 Å². The van der Waals surface area contributed by atoms with Gasteiger partial charge in [-0.2, -0.15) is 0 Å². The van der Waals surface area contributed by atoms with Crippen LogP contribution < -0.4 is 5.32 Å². The van der Waals surface area contributed by atoms with E-state index in [0.29, 0.717) is 6.54 Å². The summed E-state index contributed by atoms with van der Waals surface area (Å²) in [5.41, 5.74) is 0. The molecule has 0 unspecified atom stereocenters. The first kappa shape index (κ1) is 9.91. The van der Waals surface area contributed by atoms with Crippen LogP contribution in [0.2, 0.25) is 0 Å². The van der Waals surface area contributed by atoms with E-state index in [4.69, 9.17) is 0 Å². The van der Waals surface area contributed by atoms with Gasteiger partial charge in [0.2, 0.25) is 0 Å². The van der Waals surface area contributed by atoms with Crippen LogP contribution >= 0.6 is 0 Å². The Labute approximate surface area is 62.7 Å². The standard InChI is InChI=1S/C6H15NO2S/c1-6(2)10(8,9)5-4-7-3/h6-7H,4-5H2,1-3H3. The molecule has 0 aliphatic rings. The normalized spacial score (nSPS) is 12.4. The second-order valence-electron chi connectivity index (χ2n) is 2.52. The molecule has 0 rings (SSSR count). The molecule has 3 nitrogen and oxygen atoms in total. The van der Waals surface area contributed by atoms with Gasteiger partial charge in [-0.1, -0.05) is 0 Å². The smallest absolute Gasteiger partial charge is 0.153 e. The molecular formula is C6H15NO2S. The Morgan fingerprint density at radius 3 is 2.20 bits per heavy atom. The predicted molar refractivity (Wildman–Crippen MR) is 42.8 cm³/mol. The van der Waals surface area contributed by atoms with Gasteiger partial charge in [-0.05, 0) is 20.9 Å². The molecule has 62 valence electrons. The molecule has 0 heterocycles. The Bertz CT molecular complexity index is 172. The van der Waals surface area contributed by atoms with Crippen LogP contribution in [0.1, 0.15) is 13.8 Å². The first-order valence-corrected chi connectivity index (χ1v) is 5.08. The molecule has 0 aromatic heterocycles. The minimum atomic E-state index is -2.82. The Kier molecular flexibility index (Phi) is 3.89. The summed E-state index contributed by atoms with van der Waals surface area (Å²) < 4.78 is 22.1. The number of nitrogens with one attached hydrogen (secondary N) is 1. The molecule has 0 aromatic rings. The zero-order chi connectivity index (χ0) is 8.20. The highest BCUT2D eigenvalue weighted by Crippen LogP contribution is 1.98. The van der Waals surface area contributed by atoms with Crippen LogP contribution in [-0.2, 0) is 9.84 Å². The largest absolute Gasteiger partial charge is 0.319 e. The van der Waals surface area contributed by atoms with Crippen LogP contribution in [0.25, 0.3) is 0 Å². The molecule has 0 radical (unpaired) electrons. The molecule has 0 bridgehead atoms. The average Bonchev–Trinajstić information content (AvgIpc) is 1.84. The van der Waals surface area contributed by atoms with Crippen molar-refractivity contribution in [2.75, 3.05) is 19.3 Å². The van der Waals surface area contributed by atoms with Crippen molar-refractivity contribution in [2.45, 2.75) is 19.1 Å². The zero-order valence-electron chi connectivity index (χ0n) is 6.72. The Hall–Kier alpha value is -0.0900. The summed E-state index contributed by atoms with van der Waals surface area (Å²) in [6.45, 7) is 3.94. The first-order chi connectivity index (χ1) is 4.50. The van der Waals surface area contributed by atoms with Gasteiger partial charge >= 0.3 is 0 Å². The maximum atomic E-state index is 11.0. The van der Waals surface area contributed by atoms with E-state index >= 15 is 0 Å². The van der Waals surface area contributed by atoms with Gasteiger partial charge in [0, 0.05) is 6.54 Å². The fraction of sp³-hybridized carbons (Fsp3) is 1.00. The third-order valence-corrected chi connectivity index (χ3v) is 3.56. The van der Waals surface area contributed by atoms with Gasteiger partial charge in [0.15, 0.2) is 9.84 Å². The van der Waals surface area contributed by atoms with Gasteiger partial charge in [0.1, 0.15) is 0 Å². The highest BCUT2D eigenvalue weighted by Gasteiger charge is 2.14. The van der Waals surface area contributed by atoms with Gasteiger partial charge < -0.3 is 5.32 Å². The van der Waals surface area contributed by atoms with Crippen LogP contribution in [0, 0.1) is 0 Å². The van der Waals surface area contributed by atoms with Crippen molar-refractivity contribution in [3.05, 3.63) is 0 Å². The van der Waals surface area contributed by atoms with Gasteiger partial charge in [0.25, 0.3) is 0 Å². The highest BCUT2D eigenvalue weighted by atomic mass is 32.2. The lowest BCUT2D eigenvalue weighted by molar-refractivity contribution is 0.585. The van der Waals surface area contributed by atoms with Crippen molar-refractivity contribution in [3.8, 4) is 0 Å².